The second-order valence-corrected chi connectivity index (χ2v) is 4.70. The van der Waals surface area contributed by atoms with E-state index >= 15 is 0 Å². The number of amides is 1. The minimum atomic E-state index is -1.18. The number of aliphatic hydroxyl groups excluding tert-OH is 1. The van der Waals surface area contributed by atoms with Crippen LogP contribution in [0.5, 0.6) is 0 Å². The van der Waals surface area contributed by atoms with E-state index in [0.29, 0.717) is 0 Å². The first-order valence-electron chi connectivity index (χ1n) is 5.38. The van der Waals surface area contributed by atoms with E-state index in [9.17, 15) is 19.1 Å². The van der Waals surface area contributed by atoms with Gasteiger partial charge in [0.15, 0.2) is 6.04 Å². The van der Waals surface area contributed by atoms with E-state index in [2.05, 4.69) is 26.0 Å². The topological polar surface area (TPSA) is 75.6 Å². The molecule has 1 aromatic carbocycles. The third-order valence-corrected chi connectivity index (χ3v) is 3.01. The molecule has 0 aliphatic heterocycles. The van der Waals surface area contributed by atoms with Gasteiger partial charge in [-0.3, -0.25) is 4.79 Å². The van der Waals surface area contributed by atoms with Gasteiger partial charge in [0.25, 0.3) is 5.91 Å². The number of nitrogens with one attached hydrogen (secondary N) is 1. The van der Waals surface area contributed by atoms with Crippen molar-refractivity contribution < 1.29 is 23.8 Å². The Kier molecular flexibility index (Phi) is 5.44. The lowest BCUT2D eigenvalue weighted by Crippen LogP contribution is -2.48. The molecule has 2 unspecified atom stereocenters. The number of hydrogen-bond donors (Lipinski definition) is 2. The summed E-state index contributed by atoms with van der Waals surface area (Å²) >= 11 is 2.96. The van der Waals surface area contributed by atoms with Gasteiger partial charge in [-0.05, 0) is 41.1 Å². The first kappa shape index (κ1) is 15.6. The highest BCUT2D eigenvalue weighted by Gasteiger charge is 2.26. The fourth-order valence-electron chi connectivity index (χ4n) is 1.37. The van der Waals surface area contributed by atoms with Crippen LogP contribution in [0.1, 0.15) is 17.3 Å². The molecule has 1 rings (SSSR count). The van der Waals surface area contributed by atoms with Gasteiger partial charge in [0.1, 0.15) is 5.82 Å². The molecule has 0 radical (unpaired) electrons. The molecular weight excluding hydrogens is 321 g/mol. The van der Waals surface area contributed by atoms with Crippen LogP contribution >= 0.6 is 15.9 Å². The Labute approximate surface area is 117 Å². The number of benzene rings is 1. The number of ether oxygens (including phenoxy) is 1. The Morgan fingerprint density at radius 1 is 1.47 bits per heavy atom. The van der Waals surface area contributed by atoms with Crippen molar-refractivity contribution >= 4 is 27.8 Å². The molecular formula is C12H13BrFNO4. The molecule has 1 aromatic rings. The van der Waals surface area contributed by atoms with Gasteiger partial charge in [-0.15, -0.1) is 0 Å². The van der Waals surface area contributed by atoms with Crippen LogP contribution in [0, 0.1) is 5.82 Å². The van der Waals surface area contributed by atoms with Crippen LogP contribution in [0.3, 0.4) is 0 Å². The molecule has 7 heteroatoms. The Balaban J connectivity index is 2.87. The van der Waals surface area contributed by atoms with Crippen molar-refractivity contribution in [3.05, 3.63) is 34.1 Å². The zero-order valence-electron chi connectivity index (χ0n) is 10.3. The summed E-state index contributed by atoms with van der Waals surface area (Å²) in [6.45, 7) is 1.35. The summed E-state index contributed by atoms with van der Waals surface area (Å²) in [5, 5.41) is 11.7. The van der Waals surface area contributed by atoms with Gasteiger partial charge in [-0.2, -0.15) is 0 Å². The maximum absolute atomic E-state index is 13.0. The lowest BCUT2D eigenvalue weighted by atomic mass is 10.1. The molecule has 0 aliphatic carbocycles. The lowest BCUT2D eigenvalue weighted by Gasteiger charge is -2.18. The van der Waals surface area contributed by atoms with Crippen molar-refractivity contribution in [2.45, 2.75) is 19.1 Å². The highest BCUT2D eigenvalue weighted by atomic mass is 79.9. The maximum atomic E-state index is 13.0. The quantitative estimate of drug-likeness (QED) is 0.813. The Hall–Kier alpha value is -1.47. The predicted molar refractivity (Wildman–Crippen MR) is 69.1 cm³/mol. The van der Waals surface area contributed by atoms with E-state index in [1.165, 1.54) is 19.1 Å². The zero-order valence-corrected chi connectivity index (χ0v) is 11.9. The summed E-state index contributed by atoms with van der Waals surface area (Å²) in [6, 6.07) is 2.49. The molecule has 0 saturated carbocycles. The Bertz CT molecular complexity index is 493. The molecule has 0 saturated heterocycles. The van der Waals surface area contributed by atoms with Crippen molar-refractivity contribution in [2.75, 3.05) is 7.11 Å². The molecule has 104 valence electrons. The monoisotopic (exact) mass is 333 g/mol. The van der Waals surface area contributed by atoms with Crippen LogP contribution in [-0.2, 0) is 9.53 Å². The van der Waals surface area contributed by atoms with Crippen molar-refractivity contribution in [1.82, 2.24) is 5.32 Å². The van der Waals surface area contributed by atoms with Crippen LogP contribution in [0.25, 0.3) is 0 Å². The van der Waals surface area contributed by atoms with E-state index < -0.39 is 29.8 Å². The fraction of sp³-hybridized carbons (Fsp3) is 0.333. The normalized spacial score (nSPS) is 13.5. The number of carbonyl (C=O) groups is 2. The van der Waals surface area contributed by atoms with E-state index in [-0.39, 0.29) is 10.0 Å². The Morgan fingerprint density at radius 2 is 2.11 bits per heavy atom. The third-order valence-electron chi connectivity index (χ3n) is 2.41. The van der Waals surface area contributed by atoms with Gasteiger partial charge in [0, 0.05) is 5.56 Å². The van der Waals surface area contributed by atoms with Crippen LogP contribution in [0.4, 0.5) is 4.39 Å². The van der Waals surface area contributed by atoms with E-state index in [4.69, 9.17) is 0 Å². The highest BCUT2D eigenvalue weighted by molar-refractivity contribution is 9.10. The predicted octanol–water partition coefficient (Wildman–Crippen LogP) is 1.24. The number of esters is 1. The van der Waals surface area contributed by atoms with Gasteiger partial charge in [0.05, 0.1) is 17.7 Å². The molecule has 2 atom stereocenters. The summed E-state index contributed by atoms with van der Waals surface area (Å²) in [5.74, 6) is -1.88. The molecule has 0 fully saturated rings. The molecule has 0 heterocycles. The number of halogens is 2. The molecule has 0 spiro atoms. The van der Waals surface area contributed by atoms with Crippen LogP contribution in [-0.4, -0.2) is 36.2 Å². The van der Waals surface area contributed by atoms with Gasteiger partial charge in [-0.25, -0.2) is 9.18 Å². The van der Waals surface area contributed by atoms with Gasteiger partial charge < -0.3 is 15.2 Å². The number of rotatable bonds is 4. The minimum Gasteiger partial charge on any atom is -0.467 e. The summed E-state index contributed by atoms with van der Waals surface area (Å²) in [5.41, 5.74) is 0.155. The molecule has 19 heavy (non-hydrogen) atoms. The largest absolute Gasteiger partial charge is 0.467 e. The summed E-state index contributed by atoms with van der Waals surface area (Å²) in [4.78, 5) is 23.2. The molecule has 0 bridgehead atoms. The number of aliphatic hydroxyl groups is 1. The second kappa shape index (κ2) is 6.63. The van der Waals surface area contributed by atoms with Crippen LogP contribution in [0.15, 0.2) is 22.7 Å². The van der Waals surface area contributed by atoms with Crippen molar-refractivity contribution in [2.24, 2.45) is 0 Å². The average Bonchev–Trinajstić information content (AvgIpc) is 2.37. The maximum Gasteiger partial charge on any atom is 0.331 e. The lowest BCUT2D eigenvalue weighted by molar-refractivity contribution is -0.145. The summed E-state index contributed by atoms with van der Waals surface area (Å²) in [7, 11) is 1.15. The molecule has 0 aromatic heterocycles. The number of carbonyl (C=O) groups excluding carboxylic acids is 2. The SMILES string of the molecule is COC(=O)C(NC(=O)c1ccc(F)c(Br)c1)C(C)O. The fourth-order valence-corrected chi connectivity index (χ4v) is 1.74. The average molecular weight is 334 g/mol. The summed E-state index contributed by atoms with van der Waals surface area (Å²) in [6.07, 6.45) is -1.11. The summed E-state index contributed by atoms with van der Waals surface area (Å²) < 4.78 is 17.6. The molecule has 1 amide bonds. The minimum absolute atomic E-state index is 0.131. The van der Waals surface area contributed by atoms with E-state index in [1.54, 1.807) is 0 Å². The molecule has 2 N–H and O–H groups in total. The van der Waals surface area contributed by atoms with Crippen LogP contribution in [0.2, 0.25) is 0 Å². The van der Waals surface area contributed by atoms with E-state index in [1.807, 2.05) is 0 Å². The molecule has 5 nitrogen and oxygen atoms in total. The van der Waals surface area contributed by atoms with Gasteiger partial charge in [0.2, 0.25) is 0 Å². The standard InChI is InChI=1S/C12H13BrFNO4/c1-6(16)10(12(18)19-2)15-11(17)7-3-4-9(14)8(13)5-7/h3-6,10,16H,1-2H3,(H,15,17). The third kappa shape index (κ3) is 4.00. The molecule has 0 aliphatic rings. The first-order valence-corrected chi connectivity index (χ1v) is 6.18. The second-order valence-electron chi connectivity index (χ2n) is 3.84. The smallest absolute Gasteiger partial charge is 0.331 e. The number of hydrogen-bond acceptors (Lipinski definition) is 4. The van der Waals surface area contributed by atoms with Gasteiger partial charge >= 0.3 is 5.97 Å². The van der Waals surface area contributed by atoms with Gasteiger partial charge in [-0.1, -0.05) is 0 Å². The number of methoxy groups -OCH3 is 1. The highest BCUT2D eigenvalue weighted by Crippen LogP contribution is 2.17. The van der Waals surface area contributed by atoms with E-state index in [0.717, 1.165) is 13.2 Å². The first-order chi connectivity index (χ1) is 8.86. The zero-order chi connectivity index (χ0) is 14.6. The van der Waals surface area contributed by atoms with Crippen molar-refractivity contribution in [3.8, 4) is 0 Å². The van der Waals surface area contributed by atoms with Crippen LogP contribution < -0.4 is 5.32 Å². The van der Waals surface area contributed by atoms with Crippen molar-refractivity contribution in [1.29, 1.82) is 0 Å². The Morgan fingerprint density at radius 3 is 2.58 bits per heavy atom. The van der Waals surface area contributed by atoms with Crippen molar-refractivity contribution in [3.63, 3.8) is 0 Å².